The maximum atomic E-state index is 12.3. The van der Waals surface area contributed by atoms with Crippen molar-refractivity contribution in [2.75, 3.05) is 5.32 Å². The number of aromatic nitrogens is 2. The summed E-state index contributed by atoms with van der Waals surface area (Å²) in [6.45, 7) is 1.99. The van der Waals surface area contributed by atoms with Gasteiger partial charge in [-0.05, 0) is 43.3 Å². The summed E-state index contributed by atoms with van der Waals surface area (Å²) in [6.07, 6.45) is 0. The summed E-state index contributed by atoms with van der Waals surface area (Å²) in [5.41, 5.74) is 2.34. The molecule has 7 heteroatoms. The molecule has 4 rings (SSSR count). The number of halogens is 1. The van der Waals surface area contributed by atoms with Crippen LogP contribution in [-0.2, 0) is 0 Å². The molecule has 0 bridgehead atoms. The van der Waals surface area contributed by atoms with Gasteiger partial charge in [0.15, 0.2) is 5.13 Å². The summed E-state index contributed by atoms with van der Waals surface area (Å²) in [5, 5.41) is 5.03. The van der Waals surface area contributed by atoms with Gasteiger partial charge in [0.2, 0.25) is 0 Å². The first kappa shape index (κ1) is 14.6. The second-order valence-electron chi connectivity index (χ2n) is 4.97. The van der Waals surface area contributed by atoms with E-state index in [2.05, 4.69) is 15.3 Å². The van der Waals surface area contributed by atoms with Gasteiger partial charge in [-0.25, -0.2) is 9.97 Å². The molecule has 23 heavy (non-hydrogen) atoms. The Hall–Kier alpha value is -2.02. The Labute approximate surface area is 144 Å². The first-order chi connectivity index (χ1) is 11.1. The summed E-state index contributed by atoms with van der Waals surface area (Å²) in [6, 6.07) is 10.7. The van der Waals surface area contributed by atoms with Gasteiger partial charge in [-0.15, -0.1) is 11.3 Å². The van der Waals surface area contributed by atoms with Gasteiger partial charge in [0.25, 0.3) is 5.91 Å². The van der Waals surface area contributed by atoms with E-state index in [1.807, 2.05) is 19.1 Å². The Morgan fingerprint density at radius 1 is 1.09 bits per heavy atom. The molecule has 0 spiro atoms. The van der Waals surface area contributed by atoms with E-state index >= 15 is 0 Å². The van der Waals surface area contributed by atoms with Gasteiger partial charge in [-0.2, -0.15) is 0 Å². The minimum Gasteiger partial charge on any atom is -0.298 e. The molecule has 0 aliphatic heterocycles. The highest BCUT2D eigenvalue weighted by atomic mass is 35.5. The standard InChI is InChI=1S/C16H10ClN3OS2/c1-8-18-13-12(22-8)7-6-11-14(13)23-16(19-11)20-15(21)9-2-4-10(17)5-3-9/h2-7H,1H3,(H,19,20,21). The van der Waals surface area contributed by atoms with E-state index in [0.717, 1.165) is 25.4 Å². The number of amides is 1. The molecular formula is C16H10ClN3OS2. The molecule has 2 aromatic heterocycles. The fourth-order valence-corrected chi connectivity index (χ4v) is 4.29. The molecule has 1 amide bonds. The zero-order chi connectivity index (χ0) is 16.0. The van der Waals surface area contributed by atoms with E-state index in [9.17, 15) is 4.79 Å². The predicted octanol–water partition coefficient (Wildman–Crippen LogP) is 5.12. The van der Waals surface area contributed by atoms with E-state index in [4.69, 9.17) is 11.6 Å². The second kappa shape index (κ2) is 5.56. The van der Waals surface area contributed by atoms with Crippen LogP contribution in [0.15, 0.2) is 36.4 Å². The number of nitrogens with zero attached hydrogens (tertiary/aromatic N) is 2. The lowest BCUT2D eigenvalue weighted by molar-refractivity contribution is 0.102. The minimum atomic E-state index is -0.202. The van der Waals surface area contributed by atoms with Gasteiger partial charge in [-0.1, -0.05) is 22.9 Å². The maximum Gasteiger partial charge on any atom is 0.257 e. The second-order valence-corrected chi connectivity index (χ2v) is 7.64. The van der Waals surface area contributed by atoms with Gasteiger partial charge in [0.1, 0.15) is 5.52 Å². The predicted molar refractivity (Wildman–Crippen MR) is 96.9 cm³/mol. The van der Waals surface area contributed by atoms with Crippen molar-refractivity contribution in [2.45, 2.75) is 6.92 Å². The molecule has 114 valence electrons. The van der Waals surface area contributed by atoms with E-state index in [1.54, 1.807) is 35.6 Å². The third kappa shape index (κ3) is 2.69. The summed E-state index contributed by atoms with van der Waals surface area (Å²) in [7, 11) is 0. The number of thiazole rings is 2. The first-order valence-corrected chi connectivity index (χ1v) is 8.85. The van der Waals surface area contributed by atoms with E-state index in [1.165, 1.54) is 11.3 Å². The van der Waals surface area contributed by atoms with Crippen molar-refractivity contribution in [2.24, 2.45) is 0 Å². The van der Waals surface area contributed by atoms with Crippen LogP contribution in [0.5, 0.6) is 0 Å². The van der Waals surface area contributed by atoms with Crippen LogP contribution in [0.3, 0.4) is 0 Å². The van der Waals surface area contributed by atoms with Gasteiger partial charge in [-0.3, -0.25) is 10.1 Å². The van der Waals surface area contributed by atoms with Crippen molar-refractivity contribution in [3.63, 3.8) is 0 Å². The highest BCUT2D eigenvalue weighted by molar-refractivity contribution is 7.24. The molecule has 0 atom stereocenters. The van der Waals surface area contributed by atoms with Crippen LogP contribution in [-0.4, -0.2) is 15.9 Å². The quantitative estimate of drug-likeness (QED) is 0.540. The smallest absolute Gasteiger partial charge is 0.257 e. The molecule has 0 fully saturated rings. The van der Waals surface area contributed by atoms with E-state index in [-0.39, 0.29) is 5.91 Å². The van der Waals surface area contributed by atoms with Crippen molar-refractivity contribution in [1.82, 2.24) is 9.97 Å². The number of hydrogen-bond donors (Lipinski definition) is 1. The van der Waals surface area contributed by atoms with E-state index in [0.29, 0.717) is 15.7 Å². The molecular weight excluding hydrogens is 350 g/mol. The number of carbonyl (C=O) groups excluding carboxylic acids is 1. The molecule has 0 radical (unpaired) electrons. The van der Waals surface area contributed by atoms with Crippen LogP contribution >= 0.6 is 34.3 Å². The summed E-state index contributed by atoms with van der Waals surface area (Å²) in [4.78, 5) is 21.3. The Kier molecular flexibility index (Phi) is 3.52. The van der Waals surface area contributed by atoms with Crippen LogP contribution in [0, 0.1) is 6.92 Å². The molecule has 0 saturated carbocycles. The number of rotatable bonds is 2. The highest BCUT2D eigenvalue weighted by Gasteiger charge is 2.13. The van der Waals surface area contributed by atoms with Crippen molar-refractivity contribution in [3.8, 4) is 0 Å². The number of carbonyl (C=O) groups is 1. The Bertz CT molecular complexity index is 1040. The van der Waals surface area contributed by atoms with Crippen molar-refractivity contribution in [1.29, 1.82) is 0 Å². The summed E-state index contributed by atoms with van der Waals surface area (Å²) in [5.74, 6) is -0.202. The molecule has 0 aliphatic carbocycles. The Balaban J connectivity index is 1.70. The fraction of sp³-hybridized carbons (Fsp3) is 0.0625. The number of nitrogens with one attached hydrogen (secondary N) is 1. The lowest BCUT2D eigenvalue weighted by Crippen LogP contribution is -2.11. The third-order valence-electron chi connectivity index (χ3n) is 3.35. The Morgan fingerprint density at radius 3 is 2.65 bits per heavy atom. The molecule has 0 saturated heterocycles. The van der Waals surface area contributed by atoms with E-state index < -0.39 is 0 Å². The lowest BCUT2D eigenvalue weighted by atomic mass is 10.2. The zero-order valence-corrected chi connectivity index (χ0v) is 14.4. The van der Waals surface area contributed by atoms with Crippen LogP contribution < -0.4 is 5.32 Å². The third-order valence-corrected chi connectivity index (χ3v) is 5.53. The lowest BCUT2D eigenvalue weighted by Gasteiger charge is -2.01. The Morgan fingerprint density at radius 2 is 1.87 bits per heavy atom. The van der Waals surface area contributed by atoms with Crippen molar-refractivity contribution in [3.05, 3.63) is 52.0 Å². The van der Waals surface area contributed by atoms with Gasteiger partial charge >= 0.3 is 0 Å². The average Bonchev–Trinajstić information content (AvgIpc) is 3.09. The van der Waals surface area contributed by atoms with Crippen LogP contribution in [0.25, 0.3) is 20.4 Å². The molecule has 2 aromatic carbocycles. The molecule has 4 nitrogen and oxygen atoms in total. The SMILES string of the molecule is Cc1nc2c(ccc3nc(NC(=O)c4ccc(Cl)cc4)sc32)s1. The number of benzene rings is 2. The molecule has 4 aromatic rings. The molecule has 1 N–H and O–H groups in total. The van der Waals surface area contributed by atoms with Gasteiger partial charge in [0, 0.05) is 10.6 Å². The number of hydrogen-bond acceptors (Lipinski definition) is 5. The topological polar surface area (TPSA) is 54.9 Å². The normalized spacial score (nSPS) is 11.2. The number of fused-ring (bicyclic) bond motifs is 3. The summed E-state index contributed by atoms with van der Waals surface area (Å²) < 4.78 is 2.13. The van der Waals surface area contributed by atoms with Crippen molar-refractivity contribution >= 4 is 65.7 Å². The monoisotopic (exact) mass is 359 g/mol. The molecule has 2 heterocycles. The van der Waals surface area contributed by atoms with Crippen LogP contribution in [0.1, 0.15) is 15.4 Å². The minimum absolute atomic E-state index is 0.202. The average molecular weight is 360 g/mol. The largest absolute Gasteiger partial charge is 0.298 e. The highest BCUT2D eigenvalue weighted by Crippen LogP contribution is 2.34. The number of aryl methyl sites for hydroxylation is 1. The van der Waals surface area contributed by atoms with Gasteiger partial charge in [0.05, 0.1) is 19.9 Å². The maximum absolute atomic E-state index is 12.3. The molecule has 0 aliphatic rings. The van der Waals surface area contributed by atoms with Crippen LogP contribution in [0.2, 0.25) is 5.02 Å². The zero-order valence-electron chi connectivity index (χ0n) is 12.0. The first-order valence-electron chi connectivity index (χ1n) is 6.84. The van der Waals surface area contributed by atoms with Crippen molar-refractivity contribution < 1.29 is 4.79 Å². The molecule has 0 unspecified atom stereocenters. The van der Waals surface area contributed by atoms with Gasteiger partial charge < -0.3 is 0 Å². The van der Waals surface area contributed by atoms with Crippen LogP contribution in [0.4, 0.5) is 5.13 Å². The summed E-state index contributed by atoms with van der Waals surface area (Å²) >= 11 is 8.94. The number of anilines is 1. The fourth-order valence-electron chi connectivity index (χ4n) is 2.31.